The summed E-state index contributed by atoms with van der Waals surface area (Å²) in [7, 11) is -4.06. The quantitative estimate of drug-likeness (QED) is 0.255. The van der Waals surface area contributed by atoms with Crippen molar-refractivity contribution in [1.29, 1.82) is 0 Å². The fraction of sp³-hybridized carbons (Fsp3) is 0.188. The highest BCUT2D eigenvalue weighted by atomic mass is 32.2. The van der Waals surface area contributed by atoms with Crippen molar-refractivity contribution < 1.29 is 18.0 Å². The van der Waals surface area contributed by atoms with Crippen molar-refractivity contribution in [2.75, 3.05) is 16.2 Å². The molecule has 2 amide bonds. The van der Waals surface area contributed by atoms with Crippen LogP contribution >= 0.6 is 0 Å². The number of carbonyl (C=O) groups is 2. The molecule has 206 valence electrons. The van der Waals surface area contributed by atoms with E-state index >= 15 is 0 Å². The first kappa shape index (κ1) is 28.6. The summed E-state index contributed by atoms with van der Waals surface area (Å²) in [6, 6.07) is 29.5. The summed E-state index contributed by atoms with van der Waals surface area (Å²) in [5, 5.41) is 5.71. The maximum atomic E-state index is 13.7. The second-order valence-corrected chi connectivity index (χ2v) is 11.4. The van der Waals surface area contributed by atoms with Gasteiger partial charge in [0.15, 0.2) is 0 Å². The second-order valence-electron chi connectivity index (χ2n) is 9.54. The Labute approximate surface area is 235 Å². The Morgan fingerprint density at radius 1 is 0.825 bits per heavy atom. The first-order valence-electron chi connectivity index (χ1n) is 13.1. The fourth-order valence-electron chi connectivity index (χ4n) is 4.26. The molecule has 4 aromatic carbocycles. The number of hydrogen-bond acceptors (Lipinski definition) is 4. The molecule has 0 radical (unpaired) electrons. The lowest BCUT2D eigenvalue weighted by atomic mass is 10.1. The molecular weight excluding hydrogens is 522 g/mol. The minimum absolute atomic E-state index is 0.0835. The van der Waals surface area contributed by atoms with Crippen molar-refractivity contribution in [2.24, 2.45) is 0 Å². The molecule has 0 aliphatic carbocycles. The summed E-state index contributed by atoms with van der Waals surface area (Å²) in [5.41, 5.74) is 3.86. The summed E-state index contributed by atoms with van der Waals surface area (Å²) in [5.74, 6) is -0.932. The molecule has 4 aromatic rings. The van der Waals surface area contributed by atoms with Gasteiger partial charge < -0.3 is 10.6 Å². The number of para-hydroxylation sites is 1. The number of benzene rings is 4. The SMILES string of the molecule is CCc1ccc(N(CC(=O)Nc2ccccc2C(=O)N[C@@H](C)c2ccccc2)S(=O)(=O)c2ccc(C)cc2)cc1. The van der Waals surface area contributed by atoms with Crippen LogP contribution in [-0.2, 0) is 21.2 Å². The van der Waals surface area contributed by atoms with E-state index in [4.69, 9.17) is 0 Å². The van der Waals surface area contributed by atoms with E-state index in [1.807, 2.05) is 63.2 Å². The van der Waals surface area contributed by atoms with Crippen LogP contribution < -0.4 is 14.9 Å². The van der Waals surface area contributed by atoms with Crippen molar-refractivity contribution >= 4 is 33.2 Å². The Kier molecular flexibility index (Phi) is 9.01. The van der Waals surface area contributed by atoms with Crippen molar-refractivity contribution in [1.82, 2.24) is 5.32 Å². The third kappa shape index (κ3) is 6.76. The predicted octanol–water partition coefficient (Wildman–Crippen LogP) is 5.88. The van der Waals surface area contributed by atoms with Crippen LogP contribution in [0.1, 0.15) is 46.9 Å². The van der Waals surface area contributed by atoms with E-state index in [9.17, 15) is 18.0 Å². The Morgan fingerprint density at radius 2 is 1.45 bits per heavy atom. The van der Waals surface area contributed by atoms with E-state index in [1.54, 1.807) is 48.5 Å². The molecular formula is C32H33N3O4S. The Morgan fingerprint density at radius 3 is 2.10 bits per heavy atom. The average molecular weight is 556 g/mol. The molecule has 7 nitrogen and oxygen atoms in total. The molecule has 0 spiro atoms. The Balaban J connectivity index is 1.58. The molecule has 0 aliphatic heterocycles. The molecule has 0 saturated heterocycles. The number of anilines is 2. The van der Waals surface area contributed by atoms with E-state index in [2.05, 4.69) is 10.6 Å². The van der Waals surface area contributed by atoms with Gasteiger partial charge in [0.2, 0.25) is 5.91 Å². The van der Waals surface area contributed by atoms with Gasteiger partial charge in [-0.25, -0.2) is 8.42 Å². The lowest BCUT2D eigenvalue weighted by Gasteiger charge is -2.24. The Bertz CT molecular complexity index is 1570. The first-order chi connectivity index (χ1) is 19.2. The number of sulfonamides is 1. The monoisotopic (exact) mass is 555 g/mol. The zero-order valence-corrected chi connectivity index (χ0v) is 23.6. The highest BCUT2D eigenvalue weighted by Crippen LogP contribution is 2.25. The van der Waals surface area contributed by atoms with Crippen LogP contribution in [0.4, 0.5) is 11.4 Å². The third-order valence-electron chi connectivity index (χ3n) is 6.62. The number of nitrogens with one attached hydrogen (secondary N) is 2. The summed E-state index contributed by atoms with van der Waals surface area (Å²) in [4.78, 5) is 26.5. The van der Waals surface area contributed by atoms with Gasteiger partial charge in [0.25, 0.3) is 15.9 Å². The summed E-state index contributed by atoms with van der Waals surface area (Å²) < 4.78 is 28.5. The van der Waals surface area contributed by atoms with Crippen LogP contribution in [0.5, 0.6) is 0 Å². The van der Waals surface area contributed by atoms with Crippen LogP contribution in [0, 0.1) is 6.92 Å². The number of aryl methyl sites for hydroxylation is 2. The highest BCUT2D eigenvalue weighted by Gasteiger charge is 2.28. The molecule has 1 atom stereocenters. The number of hydrogen-bond donors (Lipinski definition) is 2. The molecule has 0 bridgehead atoms. The van der Waals surface area contributed by atoms with Crippen LogP contribution in [0.2, 0.25) is 0 Å². The second kappa shape index (κ2) is 12.6. The van der Waals surface area contributed by atoms with Gasteiger partial charge in [-0.15, -0.1) is 0 Å². The molecule has 40 heavy (non-hydrogen) atoms. The minimum Gasteiger partial charge on any atom is -0.345 e. The largest absolute Gasteiger partial charge is 0.345 e. The molecule has 0 aromatic heterocycles. The van der Waals surface area contributed by atoms with Gasteiger partial charge in [0.1, 0.15) is 6.54 Å². The molecule has 0 fully saturated rings. The van der Waals surface area contributed by atoms with E-state index in [-0.39, 0.29) is 22.4 Å². The maximum absolute atomic E-state index is 13.7. The van der Waals surface area contributed by atoms with Crippen LogP contribution in [-0.4, -0.2) is 26.8 Å². The van der Waals surface area contributed by atoms with E-state index in [0.29, 0.717) is 11.4 Å². The summed E-state index contributed by atoms with van der Waals surface area (Å²) >= 11 is 0. The maximum Gasteiger partial charge on any atom is 0.264 e. The minimum atomic E-state index is -4.06. The summed E-state index contributed by atoms with van der Waals surface area (Å²) in [6.45, 7) is 5.29. The van der Waals surface area contributed by atoms with Gasteiger partial charge in [-0.05, 0) is 67.8 Å². The van der Waals surface area contributed by atoms with Crippen molar-refractivity contribution in [3.63, 3.8) is 0 Å². The fourth-order valence-corrected chi connectivity index (χ4v) is 5.68. The van der Waals surface area contributed by atoms with Gasteiger partial charge >= 0.3 is 0 Å². The zero-order valence-electron chi connectivity index (χ0n) is 22.8. The first-order valence-corrected chi connectivity index (χ1v) is 14.6. The average Bonchev–Trinajstić information content (AvgIpc) is 2.97. The lowest BCUT2D eigenvalue weighted by Crippen LogP contribution is -2.38. The normalized spacial score (nSPS) is 11.9. The molecule has 0 saturated carbocycles. The van der Waals surface area contributed by atoms with Gasteiger partial charge in [-0.1, -0.05) is 79.2 Å². The molecule has 8 heteroatoms. The molecule has 0 unspecified atom stereocenters. The van der Waals surface area contributed by atoms with Crippen LogP contribution in [0.3, 0.4) is 0 Å². The highest BCUT2D eigenvalue weighted by molar-refractivity contribution is 7.92. The van der Waals surface area contributed by atoms with Crippen molar-refractivity contribution in [3.8, 4) is 0 Å². The smallest absolute Gasteiger partial charge is 0.264 e. The van der Waals surface area contributed by atoms with Crippen molar-refractivity contribution in [2.45, 2.75) is 38.1 Å². The number of rotatable bonds is 10. The van der Waals surface area contributed by atoms with Gasteiger partial charge in [-0.2, -0.15) is 0 Å². The van der Waals surface area contributed by atoms with Gasteiger partial charge in [0, 0.05) is 0 Å². The third-order valence-corrected chi connectivity index (χ3v) is 8.41. The standard InChI is InChI=1S/C32H33N3O4S/c1-4-25-16-18-27(19-17-25)35(40(38,39)28-20-14-23(2)15-21-28)22-31(36)34-30-13-9-8-12-29(30)32(37)33-24(3)26-10-6-5-7-11-26/h5-21,24H,4,22H2,1-3H3,(H,33,37)(H,34,36)/t24-/m0/s1. The van der Waals surface area contributed by atoms with Crippen molar-refractivity contribution in [3.05, 3.63) is 125 Å². The predicted molar refractivity (Wildman–Crippen MR) is 159 cm³/mol. The van der Waals surface area contributed by atoms with Crippen LogP contribution in [0.15, 0.2) is 108 Å². The topological polar surface area (TPSA) is 95.6 Å². The molecule has 4 rings (SSSR count). The van der Waals surface area contributed by atoms with Gasteiger partial charge in [0.05, 0.1) is 27.9 Å². The van der Waals surface area contributed by atoms with E-state index < -0.39 is 22.5 Å². The number of carbonyl (C=O) groups excluding carboxylic acids is 2. The number of amides is 2. The molecule has 2 N–H and O–H groups in total. The lowest BCUT2D eigenvalue weighted by molar-refractivity contribution is -0.114. The van der Waals surface area contributed by atoms with E-state index in [0.717, 1.165) is 27.4 Å². The van der Waals surface area contributed by atoms with Gasteiger partial charge in [-0.3, -0.25) is 13.9 Å². The molecule has 0 aliphatic rings. The number of nitrogens with zero attached hydrogens (tertiary/aromatic N) is 1. The van der Waals surface area contributed by atoms with E-state index in [1.165, 1.54) is 12.1 Å². The zero-order chi connectivity index (χ0) is 28.7. The Hall–Kier alpha value is -4.43. The van der Waals surface area contributed by atoms with Crippen LogP contribution in [0.25, 0.3) is 0 Å². The summed E-state index contributed by atoms with van der Waals surface area (Å²) in [6.07, 6.45) is 0.799. The molecule has 0 heterocycles.